The van der Waals surface area contributed by atoms with E-state index in [4.69, 9.17) is 0 Å². The lowest BCUT2D eigenvalue weighted by molar-refractivity contribution is 0.0992. The molecule has 0 unspecified atom stereocenters. The van der Waals surface area contributed by atoms with E-state index in [-0.39, 0.29) is 11.6 Å². The highest BCUT2D eigenvalue weighted by atomic mass is 127. The molecule has 0 aliphatic rings. The van der Waals surface area contributed by atoms with Crippen molar-refractivity contribution >= 4 is 28.4 Å². The van der Waals surface area contributed by atoms with Gasteiger partial charge in [-0.2, -0.15) is 0 Å². The molecule has 2 rings (SSSR count). The molecule has 0 radical (unpaired) electrons. The van der Waals surface area contributed by atoms with Gasteiger partial charge in [-0.1, -0.05) is 24.3 Å². The quantitative estimate of drug-likeness (QED) is 0.577. The molecule has 19 heavy (non-hydrogen) atoms. The first-order chi connectivity index (χ1) is 8.99. The fourth-order valence-electron chi connectivity index (χ4n) is 1.99. The Morgan fingerprint density at radius 2 is 1.89 bits per heavy atom. The zero-order chi connectivity index (χ0) is 14.0. The first-order valence-electron chi connectivity index (χ1n) is 6.02. The molecule has 0 N–H and O–H groups in total. The Balaban J connectivity index is 2.28. The van der Waals surface area contributed by atoms with Crippen molar-refractivity contribution in [2.75, 3.05) is 0 Å². The highest BCUT2D eigenvalue weighted by Crippen LogP contribution is 2.20. The predicted octanol–water partition coefficient (Wildman–Crippen LogP) is 4.47. The van der Waals surface area contributed by atoms with Crippen molar-refractivity contribution in [2.45, 2.75) is 20.3 Å². The van der Waals surface area contributed by atoms with Crippen molar-refractivity contribution in [1.82, 2.24) is 0 Å². The van der Waals surface area contributed by atoms with Gasteiger partial charge >= 0.3 is 0 Å². The molecule has 0 bridgehead atoms. The maximum absolute atomic E-state index is 13.0. The second-order valence-corrected chi connectivity index (χ2v) is 5.69. The third-order valence-corrected chi connectivity index (χ3v) is 4.58. The first kappa shape index (κ1) is 14.2. The van der Waals surface area contributed by atoms with E-state index in [2.05, 4.69) is 22.6 Å². The Kier molecular flexibility index (Phi) is 4.34. The van der Waals surface area contributed by atoms with Gasteiger partial charge in [0.25, 0.3) is 0 Å². The van der Waals surface area contributed by atoms with Crippen LogP contribution in [0.5, 0.6) is 0 Å². The number of halogens is 2. The number of aryl methyl sites for hydroxylation is 2. The number of benzene rings is 2. The van der Waals surface area contributed by atoms with Crippen molar-refractivity contribution in [3.05, 3.63) is 68.0 Å². The minimum absolute atomic E-state index is 0.0720. The molecule has 0 aromatic heterocycles. The number of Topliss-reactive ketones (excluding diaryl/α,β-unsaturated/α-hetero) is 1. The average Bonchev–Trinajstić information content (AvgIpc) is 2.36. The van der Waals surface area contributed by atoms with Crippen LogP contribution in [0.3, 0.4) is 0 Å². The molecule has 0 fully saturated rings. The number of hydrogen-bond donors (Lipinski definition) is 0. The molecule has 0 aliphatic heterocycles. The van der Waals surface area contributed by atoms with Crippen molar-refractivity contribution < 1.29 is 9.18 Å². The summed E-state index contributed by atoms with van der Waals surface area (Å²) in [4.78, 5) is 12.3. The number of ketones is 1. The molecule has 98 valence electrons. The second-order valence-electron chi connectivity index (χ2n) is 4.61. The summed E-state index contributed by atoms with van der Waals surface area (Å²) in [5.74, 6) is -0.193. The monoisotopic (exact) mass is 368 g/mol. The van der Waals surface area contributed by atoms with Gasteiger partial charge in [0, 0.05) is 15.6 Å². The molecule has 0 saturated carbocycles. The van der Waals surface area contributed by atoms with Crippen LogP contribution in [-0.4, -0.2) is 5.78 Å². The van der Waals surface area contributed by atoms with Crippen LogP contribution in [0.1, 0.15) is 27.0 Å². The van der Waals surface area contributed by atoms with Gasteiger partial charge < -0.3 is 0 Å². The molecule has 2 aromatic rings. The summed E-state index contributed by atoms with van der Waals surface area (Å²) >= 11 is 2.20. The summed E-state index contributed by atoms with van der Waals surface area (Å²) in [6.07, 6.45) is 0.311. The van der Waals surface area contributed by atoms with Crippen LogP contribution in [0.15, 0.2) is 36.4 Å². The van der Waals surface area contributed by atoms with Gasteiger partial charge in [-0.25, -0.2) is 4.39 Å². The zero-order valence-electron chi connectivity index (χ0n) is 10.8. The fraction of sp³-hybridized carbons (Fsp3) is 0.188. The van der Waals surface area contributed by atoms with Gasteiger partial charge in [-0.15, -0.1) is 0 Å². The van der Waals surface area contributed by atoms with Crippen LogP contribution >= 0.6 is 22.6 Å². The summed E-state index contributed by atoms with van der Waals surface area (Å²) in [6, 6.07) is 10.3. The SMILES string of the molecule is Cc1cc(F)ccc1CC(=O)c1cccc(C)c1I. The minimum Gasteiger partial charge on any atom is -0.294 e. The van der Waals surface area contributed by atoms with E-state index in [0.717, 1.165) is 25.8 Å². The lowest BCUT2D eigenvalue weighted by Crippen LogP contribution is -2.07. The standard InChI is InChI=1S/C16H14FIO/c1-10-4-3-5-14(16(10)18)15(19)9-12-6-7-13(17)8-11(12)2/h3-8H,9H2,1-2H3. The largest absolute Gasteiger partial charge is 0.294 e. The third kappa shape index (κ3) is 3.21. The van der Waals surface area contributed by atoms with Gasteiger partial charge in [0.15, 0.2) is 5.78 Å². The molecule has 0 spiro atoms. The topological polar surface area (TPSA) is 17.1 Å². The van der Waals surface area contributed by atoms with E-state index in [1.54, 1.807) is 6.07 Å². The lowest BCUT2D eigenvalue weighted by Gasteiger charge is -2.08. The summed E-state index contributed by atoms with van der Waals surface area (Å²) in [6.45, 7) is 3.81. The summed E-state index contributed by atoms with van der Waals surface area (Å²) in [5.41, 5.74) is 3.53. The molecule has 0 atom stereocenters. The highest BCUT2D eigenvalue weighted by Gasteiger charge is 2.13. The van der Waals surface area contributed by atoms with E-state index >= 15 is 0 Å². The smallest absolute Gasteiger partial charge is 0.168 e. The van der Waals surface area contributed by atoms with E-state index in [0.29, 0.717) is 6.42 Å². The first-order valence-corrected chi connectivity index (χ1v) is 7.10. The van der Waals surface area contributed by atoms with Crippen LogP contribution in [0, 0.1) is 23.2 Å². The Labute approximate surface area is 126 Å². The van der Waals surface area contributed by atoms with E-state index < -0.39 is 0 Å². The average molecular weight is 368 g/mol. The molecule has 2 aromatic carbocycles. The molecule has 0 amide bonds. The van der Waals surface area contributed by atoms with E-state index in [9.17, 15) is 9.18 Å². The van der Waals surface area contributed by atoms with Crippen molar-refractivity contribution in [2.24, 2.45) is 0 Å². The van der Waals surface area contributed by atoms with Gasteiger partial charge in [-0.3, -0.25) is 4.79 Å². The van der Waals surface area contributed by atoms with Crippen molar-refractivity contribution in [3.63, 3.8) is 0 Å². The van der Waals surface area contributed by atoms with Gasteiger partial charge in [-0.05, 0) is 65.3 Å². The van der Waals surface area contributed by atoms with Crippen LogP contribution in [0.25, 0.3) is 0 Å². The number of carbonyl (C=O) groups excluding carboxylic acids is 1. The minimum atomic E-state index is -0.265. The molecular formula is C16H14FIO. The van der Waals surface area contributed by atoms with Crippen molar-refractivity contribution in [1.29, 1.82) is 0 Å². The Hall–Kier alpha value is -1.23. The van der Waals surface area contributed by atoms with Crippen LogP contribution in [-0.2, 0) is 6.42 Å². The van der Waals surface area contributed by atoms with Gasteiger partial charge in [0.1, 0.15) is 5.82 Å². The van der Waals surface area contributed by atoms with Crippen LogP contribution in [0.2, 0.25) is 0 Å². The maximum Gasteiger partial charge on any atom is 0.168 e. The molecule has 3 heteroatoms. The third-order valence-electron chi connectivity index (χ3n) is 3.15. The predicted molar refractivity (Wildman–Crippen MR) is 83.1 cm³/mol. The molecule has 1 nitrogen and oxygen atoms in total. The van der Waals surface area contributed by atoms with Gasteiger partial charge in [0.05, 0.1) is 0 Å². The van der Waals surface area contributed by atoms with Gasteiger partial charge in [0.2, 0.25) is 0 Å². The maximum atomic E-state index is 13.0. The Morgan fingerprint density at radius 3 is 2.58 bits per heavy atom. The molecular weight excluding hydrogens is 354 g/mol. The number of rotatable bonds is 3. The summed E-state index contributed by atoms with van der Waals surface area (Å²) < 4.78 is 14.0. The normalized spacial score (nSPS) is 10.5. The van der Waals surface area contributed by atoms with Crippen molar-refractivity contribution in [3.8, 4) is 0 Å². The fourth-order valence-corrected chi connectivity index (χ4v) is 2.65. The number of hydrogen-bond acceptors (Lipinski definition) is 1. The Morgan fingerprint density at radius 1 is 1.16 bits per heavy atom. The second kappa shape index (κ2) is 5.82. The summed E-state index contributed by atoms with van der Waals surface area (Å²) in [5, 5.41) is 0. The van der Waals surface area contributed by atoms with Crippen LogP contribution < -0.4 is 0 Å². The van der Waals surface area contributed by atoms with E-state index in [1.807, 2.05) is 32.0 Å². The Bertz CT molecular complexity index is 635. The highest BCUT2D eigenvalue weighted by molar-refractivity contribution is 14.1. The molecule has 0 heterocycles. The number of carbonyl (C=O) groups is 1. The van der Waals surface area contributed by atoms with Crippen LogP contribution in [0.4, 0.5) is 4.39 Å². The lowest BCUT2D eigenvalue weighted by atomic mass is 9.98. The molecule has 0 aliphatic carbocycles. The van der Waals surface area contributed by atoms with E-state index in [1.165, 1.54) is 12.1 Å². The summed E-state index contributed by atoms with van der Waals surface area (Å²) in [7, 11) is 0. The molecule has 0 saturated heterocycles. The zero-order valence-corrected chi connectivity index (χ0v) is 13.0.